The number of unbranched alkanes of at least 4 members (excludes halogenated alkanes) is 1. The van der Waals surface area contributed by atoms with E-state index in [2.05, 4.69) is 17.6 Å². The molecule has 0 aromatic heterocycles. The number of hydrogen-bond acceptors (Lipinski definition) is 3. The summed E-state index contributed by atoms with van der Waals surface area (Å²) in [7, 11) is 0. The van der Waals surface area contributed by atoms with Crippen LogP contribution in [0.15, 0.2) is 0 Å². The number of nitrogens with one attached hydrogen (secondary N) is 1. The molecule has 1 N–H and O–H groups in total. The maximum Gasteiger partial charge on any atom is 0.0666 e. The molecule has 3 heteroatoms. The van der Waals surface area contributed by atoms with Crippen molar-refractivity contribution < 1.29 is 0 Å². The van der Waals surface area contributed by atoms with Crippen molar-refractivity contribution in [3.8, 4) is 6.07 Å². The molecule has 0 radical (unpaired) electrons. The molecule has 0 heterocycles. The summed E-state index contributed by atoms with van der Waals surface area (Å²) in [5.74, 6) is 1.39. The van der Waals surface area contributed by atoms with Crippen LogP contribution in [0.2, 0.25) is 0 Å². The summed E-state index contributed by atoms with van der Waals surface area (Å²) in [5, 5.41) is 11.7. The van der Waals surface area contributed by atoms with Crippen LogP contribution in [-0.4, -0.2) is 25.1 Å². The molecule has 0 aliphatic rings. The highest BCUT2D eigenvalue weighted by Crippen LogP contribution is 1.98. The van der Waals surface area contributed by atoms with E-state index >= 15 is 0 Å². The summed E-state index contributed by atoms with van der Waals surface area (Å²) in [4.78, 5) is 0. The average molecular weight is 186 g/mol. The summed E-state index contributed by atoms with van der Waals surface area (Å²) in [5.41, 5.74) is 0. The predicted octanol–water partition coefficient (Wildman–Crippen LogP) is 1.88. The molecule has 0 spiro atoms. The molecule has 0 aromatic carbocycles. The van der Waals surface area contributed by atoms with E-state index in [0.29, 0.717) is 0 Å². The molecule has 0 rings (SSSR count). The van der Waals surface area contributed by atoms with Crippen LogP contribution >= 0.6 is 11.8 Å². The van der Waals surface area contributed by atoms with Crippen molar-refractivity contribution in [3.63, 3.8) is 0 Å². The Morgan fingerprint density at radius 2 is 2.25 bits per heavy atom. The molecule has 1 unspecified atom stereocenters. The lowest BCUT2D eigenvalue weighted by Crippen LogP contribution is -2.21. The Balaban J connectivity index is 2.96. The molecular weight excluding hydrogens is 168 g/mol. The maximum atomic E-state index is 8.48. The van der Waals surface area contributed by atoms with Crippen molar-refractivity contribution in [2.75, 3.05) is 25.1 Å². The van der Waals surface area contributed by atoms with Crippen LogP contribution in [0.5, 0.6) is 0 Å². The van der Waals surface area contributed by atoms with Crippen molar-refractivity contribution in [3.05, 3.63) is 0 Å². The smallest absolute Gasteiger partial charge is 0.0666 e. The Morgan fingerprint density at radius 3 is 2.83 bits per heavy atom. The molecule has 0 aromatic rings. The van der Waals surface area contributed by atoms with Crippen molar-refractivity contribution in [1.82, 2.24) is 5.32 Å². The quantitative estimate of drug-likeness (QED) is 0.617. The third kappa shape index (κ3) is 7.90. The molecule has 0 aliphatic carbocycles. The van der Waals surface area contributed by atoms with Crippen LogP contribution in [0.3, 0.4) is 0 Å². The van der Waals surface area contributed by atoms with E-state index in [9.17, 15) is 0 Å². The van der Waals surface area contributed by atoms with E-state index in [4.69, 9.17) is 5.26 Å². The van der Waals surface area contributed by atoms with Crippen molar-refractivity contribution in [2.45, 2.75) is 19.8 Å². The molecule has 0 saturated carbocycles. The summed E-state index contributed by atoms with van der Waals surface area (Å²) < 4.78 is 0. The fourth-order valence-electron chi connectivity index (χ4n) is 0.861. The highest BCUT2D eigenvalue weighted by molar-refractivity contribution is 7.98. The first-order valence-electron chi connectivity index (χ1n) is 4.40. The Kier molecular flexibility index (Phi) is 8.74. The van der Waals surface area contributed by atoms with Gasteiger partial charge in [0.15, 0.2) is 0 Å². The van der Waals surface area contributed by atoms with Crippen molar-refractivity contribution in [2.24, 2.45) is 5.92 Å². The van der Waals surface area contributed by atoms with Gasteiger partial charge in [-0.15, -0.1) is 0 Å². The lowest BCUT2D eigenvalue weighted by atomic mass is 10.2. The molecule has 1 atom stereocenters. The maximum absolute atomic E-state index is 8.48. The monoisotopic (exact) mass is 186 g/mol. The molecule has 2 nitrogen and oxygen atoms in total. The van der Waals surface area contributed by atoms with Crippen molar-refractivity contribution in [1.29, 1.82) is 5.26 Å². The fourth-order valence-corrected chi connectivity index (χ4v) is 1.35. The highest BCUT2D eigenvalue weighted by Gasteiger charge is 1.96. The van der Waals surface area contributed by atoms with Gasteiger partial charge in [-0.05, 0) is 38.3 Å². The third-order valence-corrected chi connectivity index (χ3v) is 2.32. The molecular formula is C9H18N2S. The number of hydrogen-bond donors (Lipinski definition) is 1. The summed E-state index contributed by atoms with van der Waals surface area (Å²) in [6, 6.07) is 2.20. The molecule has 70 valence electrons. The topological polar surface area (TPSA) is 35.8 Å². The molecule has 0 amide bonds. The minimum absolute atomic E-state index is 0.144. The molecule has 12 heavy (non-hydrogen) atoms. The minimum atomic E-state index is 0.144. The van der Waals surface area contributed by atoms with Crippen LogP contribution in [0.1, 0.15) is 19.8 Å². The lowest BCUT2D eigenvalue weighted by molar-refractivity contribution is 0.582. The second-order valence-electron chi connectivity index (χ2n) is 2.93. The zero-order chi connectivity index (χ0) is 9.23. The van der Waals surface area contributed by atoms with Gasteiger partial charge in [-0.25, -0.2) is 0 Å². The van der Waals surface area contributed by atoms with Gasteiger partial charge < -0.3 is 5.32 Å². The van der Waals surface area contributed by atoms with E-state index < -0.39 is 0 Å². The Hall–Kier alpha value is -0.200. The number of thioether (sulfide) groups is 1. The van der Waals surface area contributed by atoms with E-state index in [1.807, 2.05) is 18.7 Å². The average Bonchev–Trinajstić information content (AvgIpc) is 2.10. The summed E-state index contributed by atoms with van der Waals surface area (Å²) in [6.45, 7) is 3.82. The van der Waals surface area contributed by atoms with Crippen LogP contribution < -0.4 is 5.32 Å². The highest BCUT2D eigenvalue weighted by atomic mass is 32.2. The first-order valence-corrected chi connectivity index (χ1v) is 5.80. The van der Waals surface area contributed by atoms with Crippen LogP contribution in [0.4, 0.5) is 0 Å². The van der Waals surface area contributed by atoms with Crippen LogP contribution in [0, 0.1) is 17.2 Å². The largest absolute Gasteiger partial charge is 0.315 e. The Bertz CT molecular complexity index is 131. The number of rotatable bonds is 7. The van der Waals surface area contributed by atoms with E-state index in [1.165, 1.54) is 18.6 Å². The van der Waals surface area contributed by atoms with Gasteiger partial charge in [-0.1, -0.05) is 0 Å². The second-order valence-corrected chi connectivity index (χ2v) is 3.92. The third-order valence-electron chi connectivity index (χ3n) is 1.62. The van der Waals surface area contributed by atoms with Gasteiger partial charge >= 0.3 is 0 Å². The van der Waals surface area contributed by atoms with Gasteiger partial charge in [0.1, 0.15) is 0 Å². The number of nitriles is 1. The molecule has 0 bridgehead atoms. The van der Waals surface area contributed by atoms with E-state index in [-0.39, 0.29) is 5.92 Å². The van der Waals surface area contributed by atoms with E-state index in [1.54, 1.807) is 0 Å². The van der Waals surface area contributed by atoms with Crippen molar-refractivity contribution >= 4 is 11.8 Å². The van der Waals surface area contributed by atoms with Gasteiger partial charge in [0.2, 0.25) is 0 Å². The normalized spacial score (nSPS) is 12.4. The summed E-state index contributed by atoms with van der Waals surface area (Å²) >= 11 is 1.89. The Labute approximate surface area is 79.7 Å². The molecule has 0 aliphatic heterocycles. The zero-order valence-electron chi connectivity index (χ0n) is 7.97. The van der Waals surface area contributed by atoms with Gasteiger partial charge in [0.05, 0.1) is 12.0 Å². The SMILES string of the molecule is CSCCCCNCC(C)C#N. The minimum Gasteiger partial charge on any atom is -0.315 e. The second kappa shape index (κ2) is 8.89. The first kappa shape index (κ1) is 11.8. The molecule has 0 fully saturated rings. The van der Waals surface area contributed by atoms with Gasteiger partial charge in [0, 0.05) is 6.54 Å². The first-order chi connectivity index (χ1) is 5.81. The van der Waals surface area contributed by atoms with Gasteiger partial charge in [-0.3, -0.25) is 0 Å². The molecule has 0 saturated heterocycles. The number of nitrogens with zero attached hydrogens (tertiary/aromatic N) is 1. The fraction of sp³-hybridized carbons (Fsp3) is 0.889. The Morgan fingerprint density at radius 1 is 1.50 bits per heavy atom. The van der Waals surface area contributed by atoms with Gasteiger partial charge in [-0.2, -0.15) is 17.0 Å². The van der Waals surface area contributed by atoms with E-state index in [0.717, 1.165) is 13.1 Å². The standard InChI is InChI=1S/C9H18N2S/c1-9(7-10)8-11-5-3-4-6-12-2/h9,11H,3-6,8H2,1-2H3. The lowest BCUT2D eigenvalue weighted by Gasteiger charge is -2.04. The predicted molar refractivity (Wildman–Crippen MR) is 55.3 cm³/mol. The van der Waals surface area contributed by atoms with Gasteiger partial charge in [0.25, 0.3) is 0 Å². The van der Waals surface area contributed by atoms with Crippen LogP contribution in [0.25, 0.3) is 0 Å². The summed E-state index contributed by atoms with van der Waals surface area (Å²) in [6.07, 6.45) is 4.62. The van der Waals surface area contributed by atoms with Crippen LogP contribution in [-0.2, 0) is 0 Å². The zero-order valence-corrected chi connectivity index (χ0v) is 8.78.